The van der Waals surface area contributed by atoms with E-state index in [4.69, 9.17) is 4.74 Å². The Morgan fingerprint density at radius 2 is 1.77 bits per heavy atom. The van der Waals surface area contributed by atoms with E-state index in [1.807, 2.05) is 0 Å². The fourth-order valence-electron chi connectivity index (χ4n) is 7.68. The van der Waals surface area contributed by atoms with Gasteiger partial charge in [-0.2, -0.15) is 0 Å². The Labute approximate surface area is 125 Å². The van der Waals surface area contributed by atoms with Crippen molar-refractivity contribution in [2.75, 3.05) is 7.11 Å². The van der Waals surface area contributed by atoms with E-state index in [1.54, 1.807) is 23.5 Å². The molecule has 2 aliphatic heterocycles. The third-order valence-corrected chi connectivity index (χ3v) is 7.87. The average molecular weight is 297 g/mol. The first-order chi connectivity index (χ1) is 10.6. The lowest BCUT2D eigenvalue weighted by molar-refractivity contribution is 0.0119. The summed E-state index contributed by atoms with van der Waals surface area (Å²) in [6, 6.07) is 0.254. The first-order valence-electron chi connectivity index (χ1n) is 7.98. The molecule has 0 unspecified atom stereocenters. The van der Waals surface area contributed by atoms with Crippen LogP contribution in [0.4, 0.5) is 0 Å². The molecule has 8 rings (SSSR count). The molecule has 2 spiro atoms. The van der Waals surface area contributed by atoms with Gasteiger partial charge in [-0.3, -0.25) is 0 Å². The van der Waals surface area contributed by atoms with E-state index in [-0.39, 0.29) is 34.3 Å². The molecular weight excluding hydrogens is 282 g/mol. The van der Waals surface area contributed by atoms with E-state index >= 15 is 0 Å². The van der Waals surface area contributed by atoms with E-state index in [2.05, 4.69) is 18.2 Å². The van der Waals surface area contributed by atoms with Crippen molar-refractivity contribution in [3.63, 3.8) is 0 Å². The molecular formula is C16H15N3O3. The highest BCUT2D eigenvalue weighted by molar-refractivity contribution is 5.59. The first kappa shape index (κ1) is 10.7. The molecule has 0 radical (unpaired) electrons. The highest BCUT2D eigenvalue weighted by Crippen LogP contribution is 3.04. The Hall–Kier alpha value is -1.98. The maximum atomic E-state index is 12.7. The van der Waals surface area contributed by atoms with Gasteiger partial charge >= 0.3 is 11.4 Å². The zero-order chi connectivity index (χ0) is 14.8. The molecule has 4 fully saturated rings. The predicted octanol–water partition coefficient (Wildman–Crippen LogP) is 0.0364. The molecule has 0 saturated heterocycles. The van der Waals surface area contributed by atoms with Crippen LogP contribution in [0, 0.1) is 34.5 Å². The predicted molar refractivity (Wildman–Crippen MR) is 75.1 cm³/mol. The second-order valence-electron chi connectivity index (χ2n) is 7.81. The van der Waals surface area contributed by atoms with Gasteiger partial charge in [0.15, 0.2) is 0 Å². The van der Waals surface area contributed by atoms with Crippen LogP contribution in [-0.2, 0) is 11.8 Å². The van der Waals surface area contributed by atoms with E-state index in [0.29, 0.717) is 23.7 Å². The lowest BCUT2D eigenvalue weighted by atomic mass is 9.68. The quantitative estimate of drug-likeness (QED) is 0.735. The maximum Gasteiger partial charge on any atom is 0.347 e. The third-order valence-electron chi connectivity index (χ3n) is 7.87. The number of methoxy groups -OCH3 is 1. The van der Waals surface area contributed by atoms with Crippen molar-refractivity contribution in [1.82, 2.24) is 13.9 Å². The fourth-order valence-corrected chi connectivity index (χ4v) is 7.68. The molecule has 3 heterocycles. The van der Waals surface area contributed by atoms with Crippen LogP contribution in [0.25, 0.3) is 0 Å². The number of ether oxygens (including phenoxy) is 1. The maximum absolute atomic E-state index is 12.7. The Morgan fingerprint density at radius 1 is 1.09 bits per heavy atom. The fraction of sp³-hybridized carbons (Fsp3) is 0.625. The molecule has 0 amide bonds. The molecule has 6 nitrogen and oxygen atoms in total. The summed E-state index contributed by atoms with van der Waals surface area (Å²) in [6.07, 6.45) is 6.47. The zero-order valence-corrected chi connectivity index (χ0v) is 12.3. The third kappa shape index (κ3) is 0.591. The van der Waals surface area contributed by atoms with Gasteiger partial charge in [-0.05, 0) is 29.7 Å². The van der Waals surface area contributed by atoms with Crippen LogP contribution < -0.4 is 11.4 Å². The van der Waals surface area contributed by atoms with E-state index in [1.165, 1.54) is 4.57 Å². The Morgan fingerprint density at radius 3 is 2.50 bits per heavy atom. The van der Waals surface area contributed by atoms with Crippen molar-refractivity contribution in [1.29, 1.82) is 0 Å². The summed E-state index contributed by atoms with van der Waals surface area (Å²) in [5.41, 5.74) is -0.339. The minimum atomic E-state index is -0.162. The van der Waals surface area contributed by atoms with Gasteiger partial charge in [0.2, 0.25) is 0 Å². The highest BCUT2D eigenvalue weighted by atomic mass is 16.5. The molecule has 0 N–H and O–H groups in total. The van der Waals surface area contributed by atoms with Crippen molar-refractivity contribution in [2.24, 2.45) is 41.5 Å². The summed E-state index contributed by atoms with van der Waals surface area (Å²) in [5, 5.41) is 0. The van der Waals surface area contributed by atoms with Gasteiger partial charge in [-0.1, -0.05) is 12.2 Å². The van der Waals surface area contributed by atoms with E-state index < -0.39 is 0 Å². The second kappa shape index (κ2) is 2.47. The van der Waals surface area contributed by atoms with Crippen molar-refractivity contribution in [3.05, 3.63) is 45.0 Å². The molecule has 22 heavy (non-hydrogen) atoms. The van der Waals surface area contributed by atoms with Gasteiger partial charge < -0.3 is 4.74 Å². The van der Waals surface area contributed by atoms with Gasteiger partial charge in [0.25, 0.3) is 0 Å². The number of aromatic nitrogens is 3. The Bertz CT molecular complexity index is 993. The smallest absolute Gasteiger partial charge is 0.347 e. The molecule has 0 aromatic carbocycles. The molecule has 8 atom stereocenters. The SMILES string of the molecule is COC1=CC=C[C@@]23[C@H]4[C@@H]5[C@@H]6[C@H]5[C@H]2n2c(=O)n(C)c(=O)n2[C@@H]6[C@]143. The number of nitrogens with zero attached hydrogens (tertiary/aromatic N) is 3. The summed E-state index contributed by atoms with van der Waals surface area (Å²) >= 11 is 0. The van der Waals surface area contributed by atoms with Gasteiger partial charge in [0.05, 0.1) is 24.6 Å². The molecule has 1 aromatic heterocycles. The first-order valence-corrected chi connectivity index (χ1v) is 7.98. The topological polar surface area (TPSA) is 58.2 Å². The average Bonchev–Trinajstić information content (AvgIpc) is 3.31. The summed E-state index contributed by atoms with van der Waals surface area (Å²) < 4.78 is 10.6. The van der Waals surface area contributed by atoms with Crippen molar-refractivity contribution in [3.8, 4) is 0 Å². The van der Waals surface area contributed by atoms with Crippen molar-refractivity contribution < 1.29 is 4.74 Å². The largest absolute Gasteiger partial charge is 0.500 e. The molecule has 6 heteroatoms. The van der Waals surface area contributed by atoms with Crippen LogP contribution in [0.2, 0.25) is 0 Å². The van der Waals surface area contributed by atoms with E-state index in [0.717, 1.165) is 5.76 Å². The molecule has 1 aromatic rings. The molecule has 112 valence electrons. The van der Waals surface area contributed by atoms with Crippen LogP contribution in [0.15, 0.2) is 33.6 Å². The van der Waals surface area contributed by atoms with Crippen LogP contribution >= 0.6 is 0 Å². The van der Waals surface area contributed by atoms with Gasteiger partial charge in [-0.25, -0.2) is 23.5 Å². The molecule has 2 bridgehead atoms. The second-order valence-corrected chi connectivity index (χ2v) is 7.81. The number of allylic oxidation sites excluding steroid dienone is 4. The van der Waals surface area contributed by atoms with Gasteiger partial charge in [0.1, 0.15) is 5.76 Å². The number of hydrogen-bond donors (Lipinski definition) is 0. The van der Waals surface area contributed by atoms with Crippen molar-refractivity contribution >= 4 is 0 Å². The minimum absolute atomic E-state index is 0.0272. The van der Waals surface area contributed by atoms with Gasteiger partial charge in [0, 0.05) is 12.5 Å². The highest BCUT2D eigenvalue weighted by Gasteiger charge is 3.04. The Kier molecular flexibility index (Phi) is 1.20. The standard InChI is InChI=1S/C16H15N3O3/c1-17-13(20)18-11-8-7-9(8)12(19(18)14(17)21)16-6(22-2)4-3-5-15(11,16)10(7)16/h3-5,7-12H,1-2H3/t7-,8-,9+,10+,11+,12-,15+,16-/m0/s1. The molecule has 4 saturated carbocycles. The van der Waals surface area contributed by atoms with Crippen LogP contribution in [0.3, 0.4) is 0 Å². The summed E-state index contributed by atoms with van der Waals surface area (Å²) in [4.78, 5) is 25.3. The Balaban J connectivity index is 1.67. The summed E-state index contributed by atoms with van der Waals surface area (Å²) in [5.74, 6) is 3.42. The lowest BCUT2D eigenvalue weighted by Crippen LogP contribution is -2.53. The minimum Gasteiger partial charge on any atom is -0.500 e. The van der Waals surface area contributed by atoms with Crippen LogP contribution in [0.5, 0.6) is 0 Å². The van der Waals surface area contributed by atoms with Crippen LogP contribution in [0.1, 0.15) is 12.1 Å². The summed E-state index contributed by atoms with van der Waals surface area (Å²) in [6.45, 7) is 0. The monoisotopic (exact) mass is 297 g/mol. The van der Waals surface area contributed by atoms with Gasteiger partial charge in [-0.15, -0.1) is 0 Å². The molecule has 5 aliphatic carbocycles. The normalized spacial score (nSPS) is 55.6. The zero-order valence-electron chi connectivity index (χ0n) is 12.3. The number of rotatable bonds is 1. The number of hydrogen-bond acceptors (Lipinski definition) is 3. The van der Waals surface area contributed by atoms with Crippen molar-refractivity contribution in [2.45, 2.75) is 12.1 Å². The van der Waals surface area contributed by atoms with Crippen LogP contribution in [-0.4, -0.2) is 21.0 Å². The molecule has 7 aliphatic rings. The summed E-state index contributed by atoms with van der Waals surface area (Å²) in [7, 11) is 3.33. The van der Waals surface area contributed by atoms with E-state index in [9.17, 15) is 9.59 Å². The lowest BCUT2D eigenvalue weighted by Gasteiger charge is -2.48.